The summed E-state index contributed by atoms with van der Waals surface area (Å²) >= 11 is 6.36. The number of anilines is 1. The van der Waals surface area contributed by atoms with Gasteiger partial charge in [-0.2, -0.15) is 9.61 Å². The first-order valence-electron chi connectivity index (χ1n) is 11.1. The summed E-state index contributed by atoms with van der Waals surface area (Å²) in [7, 11) is 2.55. The molecule has 2 aromatic heterocycles. The zero-order valence-corrected chi connectivity index (χ0v) is 20.4. The summed E-state index contributed by atoms with van der Waals surface area (Å²) in [6.07, 6.45) is 3.85. The van der Waals surface area contributed by atoms with Gasteiger partial charge in [0.2, 0.25) is 10.0 Å². The Bertz CT molecular complexity index is 1390. The van der Waals surface area contributed by atoms with Crippen LogP contribution in [0.3, 0.4) is 0 Å². The zero-order chi connectivity index (χ0) is 24.1. The molecular weight excluding hydrogens is 469 g/mol. The van der Waals surface area contributed by atoms with Gasteiger partial charge in [0.05, 0.1) is 10.6 Å². The Labute approximate surface area is 206 Å². The number of aryl methyl sites for hydroxylation is 1. The first kappa shape index (κ1) is 24.3. The van der Waals surface area contributed by atoms with Gasteiger partial charge in [-0.15, -0.1) is 0 Å². The lowest BCUT2D eigenvalue weighted by Crippen LogP contribution is -2.25. The molecule has 0 spiro atoms. The number of hydrogen-bond donors (Lipinski definition) is 2. The first-order valence-corrected chi connectivity index (χ1v) is 13.0. The summed E-state index contributed by atoms with van der Waals surface area (Å²) in [5.41, 5.74) is 3.61. The molecule has 2 heterocycles. The molecule has 0 unspecified atom stereocenters. The predicted molar refractivity (Wildman–Crippen MR) is 138 cm³/mol. The fourth-order valence-electron chi connectivity index (χ4n) is 3.57. The lowest BCUT2D eigenvalue weighted by molar-refractivity contribution is 0.577. The van der Waals surface area contributed by atoms with Crippen LogP contribution in [0.1, 0.15) is 25.3 Å². The number of fused-ring (bicyclic) bond motifs is 1. The van der Waals surface area contributed by atoms with E-state index in [1.54, 1.807) is 22.8 Å². The fraction of sp³-hybridized carbons (Fsp3) is 0.250. The third-order valence-corrected chi connectivity index (χ3v) is 7.30. The normalized spacial score (nSPS) is 11.7. The highest BCUT2D eigenvalue weighted by molar-refractivity contribution is 7.89. The van der Waals surface area contributed by atoms with Gasteiger partial charge in [0.25, 0.3) is 0 Å². The second-order valence-corrected chi connectivity index (χ2v) is 10.0. The Kier molecular flexibility index (Phi) is 7.55. The first-order chi connectivity index (χ1) is 16.4. The molecule has 34 heavy (non-hydrogen) atoms. The molecule has 0 saturated heterocycles. The monoisotopic (exact) mass is 493 g/mol. The van der Waals surface area contributed by atoms with E-state index in [9.17, 15) is 8.42 Å². The maximum Gasteiger partial charge on any atom is 0.240 e. The summed E-state index contributed by atoms with van der Waals surface area (Å²) in [4.78, 5) is 4.91. The van der Waals surface area contributed by atoms with E-state index < -0.39 is 10.0 Å². The zero-order valence-electron chi connectivity index (χ0n) is 18.8. The molecule has 2 radical (unpaired) electrons. The number of nitrogens with one attached hydrogen (secondary N) is 2. The molecule has 0 atom stereocenters. The van der Waals surface area contributed by atoms with E-state index in [-0.39, 0.29) is 4.90 Å². The third kappa shape index (κ3) is 5.43. The van der Waals surface area contributed by atoms with Gasteiger partial charge < -0.3 is 5.32 Å². The lowest BCUT2D eigenvalue weighted by atomic mass is 10.0. The third-order valence-electron chi connectivity index (χ3n) is 5.49. The van der Waals surface area contributed by atoms with Crippen LogP contribution >= 0.6 is 11.6 Å². The minimum absolute atomic E-state index is 0.283. The molecule has 0 saturated carbocycles. The minimum Gasteiger partial charge on any atom is -0.370 e. The van der Waals surface area contributed by atoms with Crippen molar-refractivity contribution in [3.63, 3.8) is 0 Å². The maximum absolute atomic E-state index is 12.5. The summed E-state index contributed by atoms with van der Waals surface area (Å²) in [5, 5.41) is 8.27. The van der Waals surface area contributed by atoms with Gasteiger partial charge in [-0.3, -0.25) is 0 Å². The quantitative estimate of drug-likeness (QED) is 0.260. The van der Waals surface area contributed by atoms with Crippen LogP contribution in [0.25, 0.3) is 16.9 Å². The number of hydrogen-bond acceptors (Lipinski definition) is 5. The number of aromatic nitrogens is 3. The molecule has 0 aliphatic heterocycles. The molecule has 2 aromatic carbocycles. The SMILES string of the molecule is [B]c1cnn2c(NCCCCNS(=O)(=O)c3ccc(CC)cc3)cc(-c3ccccc3Cl)nc12. The fourth-order valence-corrected chi connectivity index (χ4v) is 4.88. The Morgan fingerprint density at radius 3 is 2.53 bits per heavy atom. The van der Waals surface area contributed by atoms with Gasteiger partial charge in [-0.1, -0.05) is 48.9 Å². The molecule has 4 rings (SSSR count). The van der Waals surface area contributed by atoms with E-state index in [1.807, 2.05) is 49.4 Å². The number of benzene rings is 2. The van der Waals surface area contributed by atoms with E-state index >= 15 is 0 Å². The van der Waals surface area contributed by atoms with Crippen molar-refractivity contribution in [2.24, 2.45) is 0 Å². The minimum atomic E-state index is -3.51. The average Bonchev–Trinajstić information content (AvgIpc) is 3.22. The molecule has 7 nitrogen and oxygen atoms in total. The van der Waals surface area contributed by atoms with Gasteiger partial charge >= 0.3 is 0 Å². The summed E-state index contributed by atoms with van der Waals surface area (Å²) < 4.78 is 29.3. The molecule has 0 aliphatic carbocycles. The molecule has 2 N–H and O–H groups in total. The van der Waals surface area contributed by atoms with E-state index in [1.165, 1.54) is 0 Å². The second kappa shape index (κ2) is 10.6. The molecule has 10 heteroatoms. The largest absolute Gasteiger partial charge is 0.370 e. The van der Waals surface area contributed by atoms with Crippen LogP contribution in [0.4, 0.5) is 5.82 Å². The molecule has 0 aliphatic rings. The Morgan fingerprint density at radius 1 is 1.06 bits per heavy atom. The smallest absolute Gasteiger partial charge is 0.240 e. The van der Waals surface area contributed by atoms with E-state index in [4.69, 9.17) is 19.4 Å². The number of rotatable bonds is 10. The predicted octanol–water partition coefficient (Wildman–Crippen LogP) is 3.58. The van der Waals surface area contributed by atoms with Crippen molar-refractivity contribution in [2.45, 2.75) is 31.1 Å². The summed E-state index contributed by atoms with van der Waals surface area (Å²) in [6.45, 7) is 3.00. The van der Waals surface area contributed by atoms with E-state index in [2.05, 4.69) is 20.1 Å². The summed E-state index contributed by atoms with van der Waals surface area (Å²) in [6, 6.07) is 16.3. The van der Waals surface area contributed by atoms with Crippen molar-refractivity contribution in [1.82, 2.24) is 19.3 Å². The van der Waals surface area contributed by atoms with Gasteiger partial charge in [0.15, 0.2) is 5.65 Å². The van der Waals surface area contributed by atoms with Crippen molar-refractivity contribution in [3.05, 3.63) is 71.4 Å². The Hall–Kier alpha value is -2.88. The number of nitrogens with zero attached hydrogens (tertiary/aromatic N) is 3. The Morgan fingerprint density at radius 2 is 1.79 bits per heavy atom. The van der Waals surface area contributed by atoms with Crippen LogP contribution < -0.4 is 15.5 Å². The number of halogens is 1. The number of unbranched alkanes of at least 4 members (excludes halogenated alkanes) is 1. The molecule has 174 valence electrons. The van der Waals surface area contributed by atoms with E-state index in [0.717, 1.165) is 29.8 Å². The standard InChI is InChI=1S/C24H25BClN5O2S/c1-2-17-9-11-18(12-10-17)34(32,33)29-14-6-5-13-27-23-15-22(19-7-3-4-8-21(19)26)30-24-20(25)16-28-31(23)24/h3-4,7-12,15-16,27,29H,2,5-6,13-14H2,1H3. The second-order valence-electron chi connectivity index (χ2n) is 7.87. The molecular formula is C24H25BClN5O2S. The molecule has 0 bridgehead atoms. The highest BCUT2D eigenvalue weighted by Crippen LogP contribution is 2.28. The van der Waals surface area contributed by atoms with Crippen LogP contribution in [-0.2, 0) is 16.4 Å². The van der Waals surface area contributed by atoms with Crippen LogP contribution in [0.15, 0.2) is 65.7 Å². The van der Waals surface area contributed by atoms with Gasteiger partial charge in [-0.25, -0.2) is 18.1 Å². The van der Waals surface area contributed by atoms with Crippen molar-refractivity contribution in [3.8, 4) is 11.3 Å². The van der Waals surface area contributed by atoms with Crippen molar-refractivity contribution in [1.29, 1.82) is 0 Å². The highest BCUT2D eigenvalue weighted by atomic mass is 35.5. The van der Waals surface area contributed by atoms with E-state index in [0.29, 0.717) is 41.3 Å². The van der Waals surface area contributed by atoms with Crippen LogP contribution in [0.5, 0.6) is 0 Å². The van der Waals surface area contributed by atoms with Crippen molar-refractivity contribution in [2.75, 3.05) is 18.4 Å². The van der Waals surface area contributed by atoms with Crippen molar-refractivity contribution < 1.29 is 8.42 Å². The van der Waals surface area contributed by atoms with Crippen LogP contribution in [0.2, 0.25) is 5.02 Å². The highest BCUT2D eigenvalue weighted by Gasteiger charge is 2.14. The lowest BCUT2D eigenvalue weighted by Gasteiger charge is -2.12. The maximum atomic E-state index is 12.5. The molecule has 4 aromatic rings. The topological polar surface area (TPSA) is 88.4 Å². The summed E-state index contributed by atoms with van der Waals surface area (Å²) in [5.74, 6) is 0.730. The van der Waals surface area contributed by atoms with Crippen LogP contribution in [-0.4, -0.2) is 44.0 Å². The molecule has 0 fully saturated rings. The average molecular weight is 494 g/mol. The van der Waals surface area contributed by atoms with Crippen LogP contribution in [0, 0.1) is 0 Å². The van der Waals surface area contributed by atoms with Gasteiger partial charge in [0.1, 0.15) is 13.7 Å². The van der Waals surface area contributed by atoms with Gasteiger partial charge in [-0.05, 0) is 48.5 Å². The van der Waals surface area contributed by atoms with Gasteiger partial charge in [0, 0.05) is 35.9 Å². The number of sulfonamides is 1. The van der Waals surface area contributed by atoms with Crippen molar-refractivity contribution >= 4 is 46.4 Å². The molecule has 0 amide bonds. The Balaban J connectivity index is 1.37.